The molecule has 0 spiro atoms. The monoisotopic (exact) mass is 436 g/mol. The van der Waals surface area contributed by atoms with E-state index in [1.54, 1.807) is 6.92 Å². The van der Waals surface area contributed by atoms with Crippen molar-refractivity contribution in [1.29, 1.82) is 0 Å². The van der Waals surface area contributed by atoms with Gasteiger partial charge in [-0.1, -0.05) is 48.0 Å². The smallest absolute Gasteiger partial charge is 0.387 e. The molecule has 0 atom stereocenters. The lowest BCUT2D eigenvalue weighted by Gasteiger charge is -2.11. The van der Waals surface area contributed by atoms with Crippen molar-refractivity contribution in [1.82, 2.24) is 9.78 Å². The maximum atomic E-state index is 12.6. The van der Waals surface area contributed by atoms with E-state index in [2.05, 4.69) is 9.84 Å². The molecule has 3 aromatic rings. The second-order valence-electron chi connectivity index (χ2n) is 6.33. The predicted molar refractivity (Wildman–Crippen MR) is 106 cm³/mol. The van der Waals surface area contributed by atoms with Crippen LogP contribution in [0.15, 0.2) is 48.5 Å². The van der Waals surface area contributed by atoms with Crippen LogP contribution in [-0.2, 0) is 17.9 Å². The molecule has 30 heavy (non-hydrogen) atoms. The number of methoxy groups -OCH3 is 1. The molecule has 158 valence electrons. The minimum atomic E-state index is -2.97. The summed E-state index contributed by atoms with van der Waals surface area (Å²) in [5, 5.41) is 4.50. The fraction of sp³-hybridized carbons (Fsp3) is 0.238. The molecule has 9 heteroatoms. The van der Waals surface area contributed by atoms with Crippen LogP contribution in [0, 0.1) is 6.92 Å². The number of nitrogens with zero attached hydrogens (tertiary/aromatic N) is 2. The van der Waals surface area contributed by atoms with Crippen LogP contribution in [0.25, 0.3) is 0 Å². The highest BCUT2D eigenvalue weighted by molar-refractivity contribution is 6.32. The Bertz CT molecular complexity index is 1030. The fourth-order valence-electron chi connectivity index (χ4n) is 2.86. The first-order valence-corrected chi connectivity index (χ1v) is 9.32. The Hall–Kier alpha value is -3.13. The first kappa shape index (κ1) is 21.6. The SMILES string of the molecule is COc1cc(COC(=O)c2c(C)nn(Cc3ccccc3)c2Cl)ccc1OC(F)F. The summed E-state index contributed by atoms with van der Waals surface area (Å²) in [6, 6.07) is 13.9. The highest BCUT2D eigenvalue weighted by atomic mass is 35.5. The van der Waals surface area contributed by atoms with Gasteiger partial charge in [-0.25, -0.2) is 9.48 Å². The topological polar surface area (TPSA) is 62.6 Å². The van der Waals surface area contributed by atoms with Gasteiger partial charge in [0.25, 0.3) is 0 Å². The van der Waals surface area contributed by atoms with Crippen LogP contribution in [0.5, 0.6) is 11.5 Å². The van der Waals surface area contributed by atoms with Crippen LogP contribution < -0.4 is 9.47 Å². The van der Waals surface area contributed by atoms with Crippen molar-refractivity contribution in [2.24, 2.45) is 0 Å². The number of rotatable bonds is 8. The van der Waals surface area contributed by atoms with Crippen molar-refractivity contribution >= 4 is 17.6 Å². The molecular weight excluding hydrogens is 418 g/mol. The van der Waals surface area contributed by atoms with Gasteiger partial charge in [-0.2, -0.15) is 13.9 Å². The van der Waals surface area contributed by atoms with Crippen LogP contribution in [0.1, 0.15) is 27.2 Å². The molecule has 3 rings (SSSR count). The molecule has 0 fully saturated rings. The average Bonchev–Trinajstić information content (AvgIpc) is 3.00. The maximum Gasteiger partial charge on any atom is 0.387 e. The fourth-order valence-corrected chi connectivity index (χ4v) is 3.17. The van der Waals surface area contributed by atoms with Gasteiger partial charge in [0, 0.05) is 0 Å². The molecule has 0 saturated carbocycles. The van der Waals surface area contributed by atoms with Gasteiger partial charge in [0.05, 0.1) is 19.3 Å². The third-order valence-electron chi connectivity index (χ3n) is 4.26. The molecule has 0 N–H and O–H groups in total. The van der Waals surface area contributed by atoms with E-state index in [1.807, 2.05) is 30.3 Å². The summed E-state index contributed by atoms with van der Waals surface area (Å²) < 4.78 is 41.1. The summed E-state index contributed by atoms with van der Waals surface area (Å²) in [5.41, 5.74) is 2.14. The molecule has 0 radical (unpaired) electrons. The quantitative estimate of drug-likeness (QED) is 0.472. The van der Waals surface area contributed by atoms with E-state index >= 15 is 0 Å². The lowest BCUT2D eigenvalue weighted by Crippen LogP contribution is -2.08. The predicted octanol–water partition coefficient (Wildman–Crippen LogP) is 4.86. The van der Waals surface area contributed by atoms with Crippen molar-refractivity contribution in [2.45, 2.75) is 26.7 Å². The third-order valence-corrected chi connectivity index (χ3v) is 4.64. The number of benzene rings is 2. The Kier molecular flexibility index (Phi) is 6.89. The zero-order valence-electron chi connectivity index (χ0n) is 16.3. The molecule has 0 aliphatic heterocycles. The van der Waals surface area contributed by atoms with E-state index in [0.29, 0.717) is 17.8 Å². The highest BCUT2D eigenvalue weighted by Gasteiger charge is 2.22. The summed E-state index contributed by atoms with van der Waals surface area (Å²) in [5.74, 6) is -0.638. The molecule has 0 saturated heterocycles. The zero-order chi connectivity index (χ0) is 21.7. The van der Waals surface area contributed by atoms with Gasteiger partial charge < -0.3 is 14.2 Å². The number of carbonyl (C=O) groups excluding carboxylic acids is 1. The number of hydrogen-bond acceptors (Lipinski definition) is 5. The minimum Gasteiger partial charge on any atom is -0.493 e. The van der Waals surface area contributed by atoms with E-state index in [-0.39, 0.29) is 28.8 Å². The van der Waals surface area contributed by atoms with Crippen molar-refractivity contribution in [2.75, 3.05) is 7.11 Å². The van der Waals surface area contributed by atoms with Crippen LogP contribution in [0.4, 0.5) is 8.78 Å². The van der Waals surface area contributed by atoms with Gasteiger partial charge in [0.2, 0.25) is 0 Å². The Labute approximate surface area is 176 Å². The van der Waals surface area contributed by atoms with Gasteiger partial charge in [-0.15, -0.1) is 0 Å². The molecule has 0 aliphatic carbocycles. The molecule has 2 aromatic carbocycles. The Morgan fingerprint density at radius 3 is 2.53 bits per heavy atom. The van der Waals surface area contributed by atoms with Crippen LogP contribution >= 0.6 is 11.6 Å². The Morgan fingerprint density at radius 1 is 1.13 bits per heavy atom. The number of ether oxygens (including phenoxy) is 3. The second-order valence-corrected chi connectivity index (χ2v) is 6.69. The second kappa shape index (κ2) is 9.58. The standard InChI is InChI=1S/C21H19ClF2N2O4/c1-13-18(19(22)26(25-13)11-14-6-4-3-5-7-14)20(27)29-12-15-8-9-16(30-21(23)24)17(10-15)28-2/h3-10,21H,11-12H2,1-2H3. The van der Waals surface area contributed by atoms with Crippen LogP contribution in [0.3, 0.4) is 0 Å². The van der Waals surface area contributed by atoms with Gasteiger partial charge in [-0.3, -0.25) is 0 Å². The van der Waals surface area contributed by atoms with Crippen molar-refractivity contribution in [3.63, 3.8) is 0 Å². The van der Waals surface area contributed by atoms with E-state index in [0.717, 1.165) is 5.56 Å². The Morgan fingerprint density at radius 2 is 1.87 bits per heavy atom. The summed E-state index contributed by atoms with van der Waals surface area (Å²) in [4.78, 5) is 12.6. The molecule has 1 aromatic heterocycles. The van der Waals surface area contributed by atoms with E-state index in [9.17, 15) is 13.6 Å². The molecule has 0 amide bonds. The molecule has 0 aliphatic rings. The summed E-state index contributed by atoms with van der Waals surface area (Å²) in [6.07, 6.45) is 0. The van der Waals surface area contributed by atoms with Crippen molar-refractivity contribution in [3.8, 4) is 11.5 Å². The minimum absolute atomic E-state index is 0.105. The molecule has 6 nitrogen and oxygen atoms in total. The average molecular weight is 437 g/mol. The zero-order valence-corrected chi connectivity index (χ0v) is 17.0. The number of aryl methyl sites for hydroxylation is 1. The number of alkyl halides is 2. The number of esters is 1. The first-order valence-electron chi connectivity index (χ1n) is 8.94. The van der Waals surface area contributed by atoms with E-state index in [1.165, 1.54) is 30.0 Å². The number of carbonyl (C=O) groups is 1. The summed E-state index contributed by atoms with van der Waals surface area (Å²) in [7, 11) is 1.33. The molecule has 1 heterocycles. The van der Waals surface area contributed by atoms with Gasteiger partial charge in [0.1, 0.15) is 17.3 Å². The summed E-state index contributed by atoms with van der Waals surface area (Å²) in [6.45, 7) is -0.996. The third kappa shape index (κ3) is 5.07. The van der Waals surface area contributed by atoms with E-state index in [4.69, 9.17) is 21.1 Å². The molecule has 0 bridgehead atoms. The normalized spacial score (nSPS) is 10.9. The number of halogens is 3. The first-order chi connectivity index (χ1) is 14.4. The van der Waals surface area contributed by atoms with Crippen LogP contribution in [-0.4, -0.2) is 29.5 Å². The van der Waals surface area contributed by atoms with Gasteiger partial charge in [0.15, 0.2) is 11.5 Å². The summed E-state index contributed by atoms with van der Waals surface area (Å²) >= 11 is 6.37. The van der Waals surface area contributed by atoms with E-state index < -0.39 is 12.6 Å². The maximum absolute atomic E-state index is 12.6. The number of hydrogen-bond donors (Lipinski definition) is 0. The van der Waals surface area contributed by atoms with Crippen LogP contribution in [0.2, 0.25) is 5.15 Å². The lowest BCUT2D eigenvalue weighted by molar-refractivity contribution is -0.0512. The number of aromatic nitrogens is 2. The van der Waals surface area contributed by atoms with Gasteiger partial charge >= 0.3 is 12.6 Å². The largest absolute Gasteiger partial charge is 0.493 e. The van der Waals surface area contributed by atoms with Gasteiger partial charge in [-0.05, 0) is 30.2 Å². The lowest BCUT2D eigenvalue weighted by atomic mass is 10.2. The molecule has 0 unspecified atom stereocenters. The highest BCUT2D eigenvalue weighted by Crippen LogP contribution is 2.30. The van der Waals surface area contributed by atoms with Crippen molar-refractivity contribution in [3.05, 3.63) is 76.1 Å². The van der Waals surface area contributed by atoms with Crippen molar-refractivity contribution < 1.29 is 27.8 Å². The Balaban J connectivity index is 1.71. The molecular formula is C21H19ClF2N2O4.